The summed E-state index contributed by atoms with van der Waals surface area (Å²) in [5.74, 6) is -1.04. The summed E-state index contributed by atoms with van der Waals surface area (Å²) in [6.45, 7) is 2.30. The molecule has 0 aliphatic carbocycles. The molecule has 1 fully saturated rings. The zero-order valence-corrected chi connectivity index (χ0v) is 11.7. The first-order valence-electron chi connectivity index (χ1n) is 6.84. The average molecular weight is 295 g/mol. The number of H-pyrrole nitrogens is 2. The number of carbonyl (C=O) groups is 2. The van der Waals surface area contributed by atoms with Crippen LogP contribution in [0.15, 0.2) is 15.8 Å². The number of nitrogens with zero attached hydrogens (tertiary/aromatic N) is 1. The molecular weight excluding hydrogens is 278 g/mol. The van der Waals surface area contributed by atoms with Gasteiger partial charge in [0.05, 0.1) is 6.61 Å². The Morgan fingerprint density at radius 2 is 2.14 bits per heavy atom. The van der Waals surface area contributed by atoms with E-state index in [-0.39, 0.29) is 12.2 Å². The maximum Gasteiger partial charge on any atom is 0.328 e. The maximum absolute atomic E-state index is 12.4. The summed E-state index contributed by atoms with van der Waals surface area (Å²) in [7, 11) is 0. The Bertz CT molecular complexity index is 648. The molecule has 1 amide bonds. The summed E-state index contributed by atoms with van der Waals surface area (Å²) < 4.78 is 4.97. The summed E-state index contributed by atoms with van der Waals surface area (Å²) in [5.41, 5.74) is -1.64. The predicted octanol–water partition coefficient (Wildman–Crippen LogP) is -0.379. The van der Waals surface area contributed by atoms with E-state index in [0.29, 0.717) is 13.0 Å². The van der Waals surface area contributed by atoms with Crippen LogP contribution in [0, 0.1) is 0 Å². The fourth-order valence-corrected chi connectivity index (χ4v) is 2.38. The molecule has 1 unspecified atom stereocenters. The van der Waals surface area contributed by atoms with Gasteiger partial charge in [-0.05, 0) is 26.2 Å². The molecule has 0 aromatic carbocycles. The van der Waals surface area contributed by atoms with Gasteiger partial charge in [-0.3, -0.25) is 14.6 Å². The number of nitrogens with one attached hydrogen (secondary N) is 2. The lowest BCUT2D eigenvalue weighted by atomic mass is 10.0. The first-order chi connectivity index (χ1) is 10.0. The molecule has 8 heteroatoms. The maximum atomic E-state index is 12.4. The third-order valence-corrected chi connectivity index (χ3v) is 3.37. The SMILES string of the molecule is CCOC(=O)C1CCCCN1C(=O)c1c[nH]c(=O)[nH]c1=O. The molecule has 1 aliphatic rings. The fraction of sp³-hybridized carbons (Fsp3) is 0.538. The van der Waals surface area contributed by atoms with Crippen molar-refractivity contribution in [1.29, 1.82) is 0 Å². The smallest absolute Gasteiger partial charge is 0.328 e. The minimum Gasteiger partial charge on any atom is -0.464 e. The Morgan fingerprint density at radius 1 is 1.38 bits per heavy atom. The highest BCUT2D eigenvalue weighted by Gasteiger charge is 2.34. The van der Waals surface area contributed by atoms with Crippen LogP contribution in [0.5, 0.6) is 0 Å². The van der Waals surface area contributed by atoms with Crippen molar-refractivity contribution in [2.75, 3.05) is 13.2 Å². The number of amides is 1. The van der Waals surface area contributed by atoms with E-state index in [1.807, 2.05) is 4.98 Å². The first-order valence-corrected chi connectivity index (χ1v) is 6.84. The number of rotatable bonds is 3. The molecule has 0 saturated carbocycles. The Balaban J connectivity index is 2.28. The van der Waals surface area contributed by atoms with Gasteiger partial charge in [0, 0.05) is 12.7 Å². The highest BCUT2D eigenvalue weighted by Crippen LogP contribution is 2.19. The molecule has 0 bridgehead atoms. The van der Waals surface area contributed by atoms with Gasteiger partial charge in [0.25, 0.3) is 11.5 Å². The first kappa shape index (κ1) is 15.0. The molecule has 2 N–H and O–H groups in total. The van der Waals surface area contributed by atoms with Gasteiger partial charge in [-0.1, -0.05) is 0 Å². The van der Waals surface area contributed by atoms with Gasteiger partial charge < -0.3 is 14.6 Å². The van der Waals surface area contributed by atoms with Crippen LogP contribution in [0.1, 0.15) is 36.5 Å². The van der Waals surface area contributed by atoms with Crippen LogP contribution < -0.4 is 11.2 Å². The van der Waals surface area contributed by atoms with Crippen LogP contribution in [0.25, 0.3) is 0 Å². The van der Waals surface area contributed by atoms with Gasteiger partial charge >= 0.3 is 11.7 Å². The van der Waals surface area contributed by atoms with Gasteiger partial charge in [0.1, 0.15) is 11.6 Å². The van der Waals surface area contributed by atoms with Crippen LogP contribution in [0.3, 0.4) is 0 Å². The number of piperidine rings is 1. The summed E-state index contributed by atoms with van der Waals surface area (Å²) in [4.78, 5) is 52.6. The van der Waals surface area contributed by atoms with Gasteiger partial charge in [-0.2, -0.15) is 0 Å². The summed E-state index contributed by atoms with van der Waals surface area (Å²) >= 11 is 0. The third-order valence-electron chi connectivity index (χ3n) is 3.37. The van der Waals surface area contributed by atoms with Crippen molar-refractivity contribution in [2.24, 2.45) is 0 Å². The van der Waals surface area contributed by atoms with Crippen LogP contribution in [-0.4, -0.2) is 45.9 Å². The van der Waals surface area contributed by atoms with Crippen LogP contribution in [0.2, 0.25) is 0 Å². The molecule has 0 spiro atoms. The zero-order valence-electron chi connectivity index (χ0n) is 11.7. The molecule has 0 radical (unpaired) electrons. The van der Waals surface area contributed by atoms with Gasteiger partial charge in [-0.15, -0.1) is 0 Å². The van der Waals surface area contributed by atoms with E-state index in [4.69, 9.17) is 4.74 Å². The van der Waals surface area contributed by atoms with Gasteiger partial charge in [-0.25, -0.2) is 9.59 Å². The second-order valence-corrected chi connectivity index (χ2v) is 4.75. The van der Waals surface area contributed by atoms with E-state index >= 15 is 0 Å². The molecule has 21 heavy (non-hydrogen) atoms. The second kappa shape index (κ2) is 6.38. The monoisotopic (exact) mass is 295 g/mol. The molecule has 1 aromatic rings. The quantitative estimate of drug-likeness (QED) is 0.738. The molecule has 8 nitrogen and oxygen atoms in total. The highest BCUT2D eigenvalue weighted by molar-refractivity contribution is 5.96. The third kappa shape index (κ3) is 3.21. The molecular formula is C13H17N3O5. The summed E-state index contributed by atoms with van der Waals surface area (Å²) in [6.07, 6.45) is 3.14. The number of aromatic nitrogens is 2. The van der Waals surface area contributed by atoms with Crippen molar-refractivity contribution >= 4 is 11.9 Å². The lowest BCUT2D eigenvalue weighted by Gasteiger charge is -2.33. The Morgan fingerprint density at radius 3 is 2.81 bits per heavy atom. The molecule has 2 rings (SSSR count). The van der Waals surface area contributed by atoms with Gasteiger partial charge in [0.2, 0.25) is 0 Å². The lowest BCUT2D eigenvalue weighted by molar-refractivity contribution is -0.149. The van der Waals surface area contributed by atoms with E-state index in [1.54, 1.807) is 6.92 Å². The summed E-state index contributed by atoms with van der Waals surface area (Å²) in [6, 6.07) is -0.683. The van der Waals surface area contributed by atoms with E-state index in [0.717, 1.165) is 19.0 Å². The van der Waals surface area contributed by atoms with Crippen LogP contribution in [0.4, 0.5) is 0 Å². The molecule has 2 heterocycles. The number of hydrogen-bond donors (Lipinski definition) is 2. The van der Waals surface area contributed by atoms with Gasteiger partial charge in [0.15, 0.2) is 0 Å². The number of hydrogen-bond acceptors (Lipinski definition) is 5. The average Bonchev–Trinajstić information content (AvgIpc) is 2.47. The van der Waals surface area contributed by atoms with Crippen LogP contribution in [-0.2, 0) is 9.53 Å². The Labute approximate surface area is 120 Å². The Kier molecular flexibility index (Phi) is 4.56. The number of carbonyl (C=O) groups excluding carboxylic acids is 2. The van der Waals surface area contributed by atoms with Crippen molar-refractivity contribution in [3.63, 3.8) is 0 Å². The number of aromatic amines is 2. The lowest BCUT2D eigenvalue weighted by Crippen LogP contribution is -2.50. The van der Waals surface area contributed by atoms with E-state index in [9.17, 15) is 19.2 Å². The minimum atomic E-state index is -0.767. The standard InChI is InChI=1S/C13H17N3O5/c1-2-21-12(19)9-5-3-4-6-16(9)11(18)8-7-14-13(20)15-10(8)17/h7,9H,2-6H2,1H3,(H2,14,15,17,20). The largest absolute Gasteiger partial charge is 0.464 e. The molecule has 1 atom stereocenters. The molecule has 1 saturated heterocycles. The van der Waals surface area contributed by atoms with Crippen molar-refractivity contribution in [3.8, 4) is 0 Å². The Hall–Kier alpha value is -2.38. The normalized spacial score (nSPS) is 18.3. The number of likely N-dealkylation sites (tertiary alicyclic amines) is 1. The van der Waals surface area contributed by atoms with Crippen molar-refractivity contribution in [3.05, 3.63) is 32.6 Å². The fourth-order valence-electron chi connectivity index (χ4n) is 2.38. The van der Waals surface area contributed by atoms with E-state index < -0.39 is 29.2 Å². The molecule has 1 aliphatic heterocycles. The highest BCUT2D eigenvalue weighted by atomic mass is 16.5. The number of ether oxygens (including phenoxy) is 1. The molecule has 1 aromatic heterocycles. The molecule has 114 valence electrons. The van der Waals surface area contributed by atoms with Crippen molar-refractivity contribution in [2.45, 2.75) is 32.2 Å². The van der Waals surface area contributed by atoms with Crippen molar-refractivity contribution < 1.29 is 14.3 Å². The summed E-state index contributed by atoms with van der Waals surface area (Å²) in [5, 5.41) is 0. The predicted molar refractivity (Wildman–Crippen MR) is 73.0 cm³/mol. The minimum absolute atomic E-state index is 0.189. The van der Waals surface area contributed by atoms with Crippen LogP contribution >= 0.6 is 0 Å². The van der Waals surface area contributed by atoms with E-state index in [1.165, 1.54) is 4.90 Å². The van der Waals surface area contributed by atoms with Crippen molar-refractivity contribution in [1.82, 2.24) is 14.9 Å². The van der Waals surface area contributed by atoms with E-state index in [2.05, 4.69) is 4.98 Å². The topological polar surface area (TPSA) is 112 Å². The number of esters is 1. The zero-order chi connectivity index (χ0) is 15.4. The second-order valence-electron chi connectivity index (χ2n) is 4.75.